The molecule has 0 radical (unpaired) electrons. The predicted octanol–water partition coefficient (Wildman–Crippen LogP) is 4.00. The lowest BCUT2D eigenvalue weighted by atomic mass is 10.1. The lowest BCUT2D eigenvalue weighted by Crippen LogP contribution is -2.41. The van der Waals surface area contributed by atoms with Crippen LogP contribution in [0.4, 0.5) is 16.6 Å². The van der Waals surface area contributed by atoms with Crippen molar-refractivity contribution in [3.8, 4) is 5.88 Å². The quantitative estimate of drug-likeness (QED) is 0.464. The minimum Gasteiger partial charge on any atom is -0.474 e. The zero-order chi connectivity index (χ0) is 25.2. The number of hydrogen-bond acceptors (Lipinski definition) is 9. The van der Waals surface area contributed by atoms with E-state index in [4.69, 9.17) is 16.3 Å². The number of sulfonamides is 1. The Hall–Kier alpha value is -2.80. The zero-order valence-electron chi connectivity index (χ0n) is 19.4. The third-order valence-corrected chi connectivity index (χ3v) is 7.93. The van der Waals surface area contributed by atoms with Gasteiger partial charge in [0.2, 0.25) is 15.9 Å². The molecule has 2 aromatic heterocycles. The normalized spacial score (nSPS) is 15.1. The van der Waals surface area contributed by atoms with E-state index in [9.17, 15) is 13.2 Å². The number of carbonyl (C=O) groups excluding carboxylic acids is 1. The van der Waals surface area contributed by atoms with E-state index in [1.54, 1.807) is 19.1 Å². The smallest absolute Gasteiger partial charge is 0.267 e. The minimum absolute atomic E-state index is 0.140. The SMILES string of the molecule is Cc1nc(Nc2ncc(C(=O)Nc3c(C)cccc3Cl)s2)cc(OC2CCN(S(C)(=O)=O)CC2)n1. The Kier molecular flexibility index (Phi) is 7.55. The summed E-state index contributed by atoms with van der Waals surface area (Å²) in [5.74, 6) is 1.06. The predicted molar refractivity (Wildman–Crippen MR) is 136 cm³/mol. The van der Waals surface area contributed by atoms with Crippen LogP contribution in [0.15, 0.2) is 30.5 Å². The maximum Gasteiger partial charge on any atom is 0.267 e. The molecule has 13 heteroatoms. The number of rotatable bonds is 7. The summed E-state index contributed by atoms with van der Waals surface area (Å²) in [5.41, 5.74) is 1.43. The molecule has 1 amide bonds. The van der Waals surface area contributed by atoms with Crippen molar-refractivity contribution in [2.45, 2.75) is 32.8 Å². The average Bonchev–Trinajstić information content (AvgIpc) is 3.24. The van der Waals surface area contributed by atoms with Gasteiger partial charge in [-0.1, -0.05) is 35.1 Å². The molecule has 3 aromatic rings. The Bertz CT molecular complexity index is 1320. The number of para-hydroxylation sites is 1. The highest BCUT2D eigenvalue weighted by Crippen LogP contribution is 2.28. The molecule has 3 heterocycles. The van der Waals surface area contributed by atoms with Gasteiger partial charge < -0.3 is 15.4 Å². The van der Waals surface area contributed by atoms with E-state index < -0.39 is 10.0 Å². The van der Waals surface area contributed by atoms with Gasteiger partial charge in [-0.3, -0.25) is 4.79 Å². The second kappa shape index (κ2) is 10.4. The molecule has 0 saturated carbocycles. The first-order valence-electron chi connectivity index (χ1n) is 10.9. The van der Waals surface area contributed by atoms with Gasteiger partial charge in [0.05, 0.1) is 23.2 Å². The molecule has 0 unspecified atom stereocenters. The van der Waals surface area contributed by atoms with Crippen LogP contribution in [0, 0.1) is 13.8 Å². The van der Waals surface area contributed by atoms with Crippen LogP contribution in [-0.4, -0.2) is 59.0 Å². The molecule has 0 aliphatic carbocycles. The monoisotopic (exact) mass is 536 g/mol. The zero-order valence-corrected chi connectivity index (χ0v) is 21.8. The Balaban J connectivity index is 1.40. The second-order valence-electron chi connectivity index (χ2n) is 8.16. The maximum absolute atomic E-state index is 12.7. The standard InChI is InChI=1S/C22H25ClN6O4S2/c1-13-5-4-6-16(23)20(13)28-21(30)17-12-24-22(34-17)27-18-11-19(26-14(2)25-18)33-15-7-9-29(10-8-15)35(3,31)32/h4-6,11-12,15H,7-10H2,1-3H3,(H,28,30)(H,24,25,26,27). The number of hydrogen-bond donors (Lipinski definition) is 2. The number of thiazole rings is 1. The highest BCUT2D eigenvalue weighted by atomic mass is 35.5. The largest absolute Gasteiger partial charge is 0.474 e. The van der Waals surface area contributed by atoms with Crippen LogP contribution >= 0.6 is 22.9 Å². The van der Waals surface area contributed by atoms with Crippen LogP contribution in [0.3, 0.4) is 0 Å². The summed E-state index contributed by atoms with van der Waals surface area (Å²) in [6.45, 7) is 4.44. The van der Waals surface area contributed by atoms with Crippen molar-refractivity contribution in [1.82, 2.24) is 19.3 Å². The van der Waals surface area contributed by atoms with E-state index in [2.05, 4.69) is 25.6 Å². The van der Waals surface area contributed by atoms with Crippen molar-refractivity contribution in [2.24, 2.45) is 0 Å². The second-order valence-corrected chi connectivity index (χ2v) is 11.6. The fourth-order valence-electron chi connectivity index (χ4n) is 3.63. The van der Waals surface area contributed by atoms with E-state index in [0.29, 0.717) is 64.2 Å². The van der Waals surface area contributed by atoms with Gasteiger partial charge >= 0.3 is 0 Å². The summed E-state index contributed by atoms with van der Waals surface area (Å²) in [4.78, 5) is 26.1. The van der Waals surface area contributed by atoms with Crippen molar-refractivity contribution in [3.63, 3.8) is 0 Å². The van der Waals surface area contributed by atoms with E-state index >= 15 is 0 Å². The number of nitrogens with one attached hydrogen (secondary N) is 2. The topological polar surface area (TPSA) is 126 Å². The van der Waals surface area contributed by atoms with Crippen LogP contribution in [0.25, 0.3) is 0 Å². The molecule has 35 heavy (non-hydrogen) atoms. The van der Waals surface area contributed by atoms with Crippen LogP contribution in [-0.2, 0) is 10.0 Å². The molecule has 1 fully saturated rings. The van der Waals surface area contributed by atoms with Crippen molar-refractivity contribution >= 4 is 55.5 Å². The number of piperidine rings is 1. The maximum atomic E-state index is 12.7. The Labute approximate surface area is 212 Å². The van der Waals surface area contributed by atoms with Crippen molar-refractivity contribution in [1.29, 1.82) is 0 Å². The lowest BCUT2D eigenvalue weighted by Gasteiger charge is -2.30. The van der Waals surface area contributed by atoms with Crippen molar-refractivity contribution < 1.29 is 17.9 Å². The van der Waals surface area contributed by atoms with E-state index in [-0.39, 0.29) is 12.0 Å². The number of anilines is 3. The van der Waals surface area contributed by atoms with Gasteiger partial charge in [-0.15, -0.1) is 0 Å². The number of benzene rings is 1. The molecule has 0 bridgehead atoms. The molecular formula is C22H25ClN6O4S2. The number of nitrogens with zero attached hydrogens (tertiary/aromatic N) is 4. The van der Waals surface area contributed by atoms with Gasteiger partial charge in [0, 0.05) is 19.2 Å². The summed E-state index contributed by atoms with van der Waals surface area (Å²) in [7, 11) is -3.20. The Morgan fingerprint density at radius 2 is 1.97 bits per heavy atom. The fourth-order valence-corrected chi connectivity index (χ4v) is 5.49. The Morgan fingerprint density at radius 1 is 1.23 bits per heavy atom. The number of amides is 1. The first-order chi connectivity index (χ1) is 16.6. The van der Waals surface area contributed by atoms with E-state index in [1.165, 1.54) is 28.1 Å². The third kappa shape index (κ3) is 6.45. The molecule has 1 aliphatic rings. The van der Waals surface area contributed by atoms with Crippen LogP contribution in [0.1, 0.15) is 33.9 Å². The van der Waals surface area contributed by atoms with Crippen LogP contribution < -0.4 is 15.4 Å². The fraction of sp³-hybridized carbons (Fsp3) is 0.364. The molecule has 4 rings (SSSR count). The summed E-state index contributed by atoms with van der Waals surface area (Å²) in [5, 5.41) is 6.87. The van der Waals surface area contributed by atoms with Crippen molar-refractivity contribution in [2.75, 3.05) is 30.0 Å². The van der Waals surface area contributed by atoms with Gasteiger partial charge in [-0.25, -0.2) is 22.7 Å². The molecule has 2 N–H and O–H groups in total. The molecule has 1 aliphatic heterocycles. The van der Waals surface area contributed by atoms with Crippen molar-refractivity contribution in [3.05, 3.63) is 51.7 Å². The van der Waals surface area contributed by atoms with Crippen LogP contribution in [0.5, 0.6) is 5.88 Å². The third-order valence-electron chi connectivity index (χ3n) is 5.40. The number of aromatic nitrogens is 3. The van der Waals surface area contributed by atoms with Gasteiger partial charge in [0.25, 0.3) is 5.91 Å². The van der Waals surface area contributed by atoms with Gasteiger partial charge in [0.15, 0.2) is 5.13 Å². The molecule has 1 saturated heterocycles. The molecule has 0 atom stereocenters. The van der Waals surface area contributed by atoms with E-state index in [1.807, 2.05) is 19.1 Å². The average molecular weight is 537 g/mol. The van der Waals surface area contributed by atoms with Gasteiger partial charge in [-0.05, 0) is 38.3 Å². The molecule has 0 spiro atoms. The number of carbonyl (C=O) groups is 1. The van der Waals surface area contributed by atoms with E-state index in [0.717, 1.165) is 5.56 Å². The van der Waals surface area contributed by atoms with Gasteiger partial charge in [0.1, 0.15) is 22.6 Å². The number of aryl methyl sites for hydroxylation is 2. The van der Waals surface area contributed by atoms with Crippen LogP contribution in [0.2, 0.25) is 5.02 Å². The Morgan fingerprint density at radius 3 is 2.66 bits per heavy atom. The minimum atomic E-state index is -3.20. The number of ether oxygens (including phenoxy) is 1. The highest BCUT2D eigenvalue weighted by molar-refractivity contribution is 7.88. The number of halogens is 1. The molecule has 186 valence electrons. The first kappa shape index (κ1) is 25.3. The lowest BCUT2D eigenvalue weighted by molar-refractivity contribution is 0.103. The molecule has 1 aromatic carbocycles. The summed E-state index contributed by atoms with van der Waals surface area (Å²) < 4.78 is 30.9. The summed E-state index contributed by atoms with van der Waals surface area (Å²) >= 11 is 7.38. The highest BCUT2D eigenvalue weighted by Gasteiger charge is 2.26. The van der Waals surface area contributed by atoms with Gasteiger partial charge in [-0.2, -0.15) is 4.98 Å². The summed E-state index contributed by atoms with van der Waals surface area (Å²) in [6, 6.07) is 7.07. The first-order valence-corrected chi connectivity index (χ1v) is 13.9. The molecular weight excluding hydrogens is 512 g/mol. The molecule has 10 nitrogen and oxygen atoms in total. The summed E-state index contributed by atoms with van der Waals surface area (Å²) in [6.07, 6.45) is 3.71.